The van der Waals surface area contributed by atoms with Gasteiger partial charge in [0, 0.05) is 5.57 Å². The van der Waals surface area contributed by atoms with Crippen LogP contribution in [0.4, 0.5) is 13.2 Å². The van der Waals surface area contributed by atoms with Crippen molar-refractivity contribution in [2.75, 3.05) is 6.67 Å². The van der Waals surface area contributed by atoms with Crippen molar-refractivity contribution in [3.8, 4) is 0 Å². The van der Waals surface area contributed by atoms with E-state index in [4.69, 9.17) is 0 Å². The molecule has 0 aliphatic heterocycles. The van der Waals surface area contributed by atoms with E-state index in [0.717, 1.165) is 6.92 Å². The monoisotopic (exact) mass is 202 g/mol. The van der Waals surface area contributed by atoms with Gasteiger partial charge in [-0.05, 0) is 22.9 Å². The highest BCUT2D eigenvalue weighted by molar-refractivity contribution is 9.10. The standard InChI is InChI=1S/C5H6BrF3/c1-5(6,9)4(2-7)3-8/h2H,3H2,1H3/b4-2-. The normalized spacial score (nSPS) is 19.4. The first-order valence-electron chi connectivity index (χ1n) is 2.26. The van der Waals surface area contributed by atoms with E-state index in [1.807, 2.05) is 0 Å². The van der Waals surface area contributed by atoms with Crippen LogP contribution in [0.2, 0.25) is 0 Å². The third-order valence-electron chi connectivity index (χ3n) is 0.840. The molecule has 1 atom stereocenters. The second-order valence-corrected chi connectivity index (χ2v) is 3.15. The van der Waals surface area contributed by atoms with Crippen LogP contribution in [0.3, 0.4) is 0 Å². The average Bonchev–Trinajstić information content (AvgIpc) is 1.65. The van der Waals surface area contributed by atoms with Crippen molar-refractivity contribution in [2.45, 2.75) is 11.5 Å². The van der Waals surface area contributed by atoms with Crippen molar-refractivity contribution >= 4 is 15.9 Å². The maximum atomic E-state index is 12.4. The van der Waals surface area contributed by atoms with Crippen LogP contribution in [0, 0.1) is 0 Å². The van der Waals surface area contributed by atoms with Crippen LogP contribution >= 0.6 is 15.9 Å². The van der Waals surface area contributed by atoms with E-state index < -0.39 is 16.8 Å². The van der Waals surface area contributed by atoms with Crippen LogP contribution in [0.25, 0.3) is 0 Å². The molecule has 0 heterocycles. The summed E-state index contributed by atoms with van der Waals surface area (Å²) in [4.78, 5) is 0. The molecular formula is C5H6BrF3. The zero-order chi connectivity index (χ0) is 7.49. The third kappa shape index (κ3) is 2.89. The summed E-state index contributed by atoms with van der Waals surface area (Å²) in [7, 11) is 0. The van der Waals surface area contributed by atoms with Crippen molar-refractivity contribution in [1.29, 1.82) is 0 Å². The quantitative estimate of drug-likeness (QED) is 0.605. The zero-order valence-corrected chi connectivity index (χ0v) is 6.38. The Bertz CT molecular complexity index is 114. The van der Waals surface area contributed by atoms with Crippen LogP contribution in [-0.4, -0.2) is 11.3 Å². The van der Waals surface area contributed by atoms with E-state index in [9.17, 15) is 13.2 Å². The van der Waals surface area contributed by atoms with Crippen LogP contribution in [-0.2, 0) is 0 Å². The second kappa shape index (κ2) is 3.25. The van der Waals surface area contributed by atoms with Crippen molar-refractivity contribution in [2.24, 2.45) is 0 Å². The minimum Gasteiger partial charge on any atom is -0.246 e. The molecule has 9 heavy (non-hydrogen) atoms. The predicted molar refractivity (Wildman–Crippen MR) is 33.6 cm³/mol. The molecule has 0 aliphatic rings. The first kappa shape index (κ1) is 9.01. The van der Waals surface area contributed by atoms with E-state index in [1.54, 1.807) is 0 Å². The van der Waals surface area contributed by atoms with Gasteiger partial charge in [-0.1, -0.05) is 0 Å². The molecular weight excluding hydrogens is 197 g/mol. The molecule has 0 N–H and O–H groups in total. The maximum absolute atomic E-state index is 12.4. The minimum atomic E-state index is -2.06. The molecule has 4 heteroatoms. The Kier molecular flexibility index (Phi) is 3.25. The molecule has 0 aromatic carbocycles. The van der Waals surface area contributed by atoms with Crippen molar-refractivity contribution in [1.82, 2.24) is 0 Å². The Morgan fingerprint density at radius 3 is 2.22 bits per heavy atom. The topological polar surface area (TPSA) is 0 Å². The fraction of sp³-hybridized carbons (Fsp3) is 0.600. The van der Waals surface area contributed by atoms with Gasteiger partial charge in [-0.25, -0.2) is 13.2 Å². The van der Waals surface area contributed by atoms with Crippen LogP contribution in [0.15, 0.2) is 11.9 Å². The summed E-state index contributed by atoms with van der Waals surface area (Å²) in [6, 6.07) is 0. The lowest BCUT2D eigenvalue weighted by Gasteiger charge is -2.11. The number of halogens is 4. The summed E-state index contributed by atoms with van der Waals surface area (Å²) >= 11 is 2.45. The molecule has 0 saturated carbocycles. The van der Waals surface area contributed by atoms with Gasteiger partial charge in [0.2, 0.25) is 0 Å². The predicted octanol–water partition coefficient (Wildman–Crippen LogP) is 2.89. The molecule has 0 nitrogen and oxygen atoms in total. The average molecular weight is 203 g/mol. The lowest BCUT2D eigenvalue weighted by molar-refractivity contribution is 0.344. The Balaban J connectivity index is 4.14. The highest BCUT2D eigenvalue weighted by atomic mass is 79.9. The molecule has 1 unspecified atom stereocenters. The summed E-state index contributed by atoms with van der Waals surface area (Å²) in [6.07, 6.45) is -0.0747. The van der Waals surface area contributed by atoms with Gasteiger partial charge in [0.15, 0.2) is 4.58 Å². The van der Waals surface area contributed by atoms with Gasteiger partial charge < -0.3 is 0 Å². The molecule has 0 radical (unpaired) electrons. The van der Waals surface area contributed by atoms with Gasteiger partial charge in [-0.2, -0.15) is 0 Å². The first-order valence-corrected chi connectivity index (χ1v) is 3.05. The molecule has 54 valence electrons. The summed E-state index contributed by atoms with van der Waals surface area (Å²) in [6.45, 7) is -0.0905. The van der Waals surface area contributed by atoms with E-state index in [-0.39, 0.29) is 6.33 Å². The Morgan fingerprint density at radius 1 is 1.78 bits per heavy atom. The molecule has 0 aromatic heterocycles. The smallest absolute Gasteiger partial charge is 0.188 e. The SMILES string of the molecule is CC(F)(Br)/C(=C\F)CF. The zero-order valence-electron chi connectivity index (χ0n) is 4.80. The number of hydrogen-bond donors (Lipinski definition) is 0. The fourth-order valence-electron chi connectivity index (χ4n) is 0.242. The van der Waals surface area contributed by atoms with E-state index in [1.165, 1.54) is 0 Å². The lowest BCUT2D eigenvalue weighted by atomic mass is 10.2. The van der Waals surface area contributed by atoms with Crippen LogP contribution in [0.5, 0.6) is 0 Å². The van der Waals surface area contributed by atoms with E-state index in [0.29, 0.717) is 0 Å². The van der Waals surface area contributed by atoms with Gasteiger partial charge in [0.1, 0.15) is 6.67 Å². The van der Waals surface area contributed by atoms with Gasteiger partial charge in [-0.3, -0.25) is 0 Å². The summed E-state index contributed by atoms with van der Waals surface area (Å²) in [5.74, 6) is 0. The number of alkyl halides is 3. The summed E-state index contributed by atoms with van der Waals surface area (Å²) in [5.41, 5.74) is -0.539. The van der Waals surface area contributed by atoms with Crippen molar-refractivity contribution in [3.63, 3.8) is 0 Å². The Hall–Kier alpha value is 0.01000. The molecule has 0 bridgehead atoms. The number of hydrogen-bond acceptors (Lipinski definition) is 0. The first-order chi connectivity index (χ1) is 4.02. The van der Waals surface area contributed by atoms with Crippen molar-refractivity contribution < 1.29 is 13.2 Å². The number of rotatable bonds is 2. The summed E-state index contributed by atoms with van der Waals surface area (Å²) in [5, 5.41) is 0. The van der Waals surface area contributed by atoms with E-state index >= 15 is 0 Å². The van der Waals surface area contributed by atoms with Gasteiger partial charge in [0.05, 0.1) is 6.33 Å². The summed E-state index contributed by atoms with van der Waals surface area (Å²) < 4.78 is 33.4. The minimum absolute atomic E-state index is 0.0747. The highest BCUT2D eigenvalue weighted by Gasteiger charge is 2.24. The van der Waals surface area contributed by atoms with E-state index in [2.05, 4.69) is 15.9 Å². The molecule has 0 amide bonds. The van der Waals surface area contributed by atoms with Crippen LogP contribution < -0.4 is 0 Å². The fourth-order valence-corrected chi connectivity index (χ4v) is 0.435. The Morgan fingerprint density at radius 2 is 2.22 bits per heavy atom. The highest BCUT2D eigenvalue weighted by Crippen LogP contribution is 2.28. The van der Waals surface area contributed by atoms with Crippen LogP contribution in [0.1, 0.15) is 6.92 Å². The molecule has 0 saturated heterocycles. The maximum Gasteiger partial charge on any atom is 0.188 e. The third-order valence-corrected chi connectivity index (χ3v) is 1.35. The molecule has 0 aromatic rings. The van der Waals surface area contributed by atoms with Crippen molar-refractivity contribution in [3.05, 3.63) is 11.9 Å². The second-order valence-electron chi connectivity index (χ2n) is 1.66. The van der Waals surface area contributed by atoms with Gasteiger partial charge in [0.25, 0.3) is 0 Å². The molecule has 0 fully saturated rings. The van der Waals surface area contributed by atoms with Gasteiger partial charge >= 0.3 is 0 Å². The number of allylic oxidation sites excluding steroid dienone is 1. The largest absolute Gasteiger partial charge is 0.246 e. The molecule has 0 aliphatic carbocycles. The molecule has 0 rings (SSSR count). The van der Waals surface area contributed by atoms with Gasteiger partial charge in [-0.15, -0.1) is 0 Å². The lowest BCUT2D eigenvalue weighted by Crippen LogP contribution is -2.12. The Labute approximate surface area is 59.9 Å². The molecule has 0 spiro atoms.